The van der Waals surface area contributed by atoms with Gasteiger partial charge in [0.2, 0.25) is 0 Å². The molecule has 188 valence electrons. The van der Waals surface area contributed by atoms with Gasteiger partial charge in [-0.15, -0.1) is 0 Å². The van der Waals surface area contributed by atoms with E-state index < -0.39 is 5.54 Å². The second kappa shape index (κ2) is 11.9. The van der Waals surface area contributed by atoms with Gasteiger partial charge in [0, 0.05) is 39.2 Å². The standard InChI is InChI=1S/C26H32FIN4O3/c1-6-32(11-10-24(33)34-5)26(3,4)20-13-19-22(14-23(20)35-7-2)29-16-30-25(19)31-18-8-9-21(27)17(12-18)15-28/h8-9,12-14,16H,6-7,10-11,15H2,1-5H3,(H,29,30,31). The Hall–Kier alpha value is -2.53. The van der Waals surface area contributed by atoms with E-state index in [1.165, 1.54) is 19.5 Å². The molecule has 1 heterocycles. The highest BCUT2D eigenvalue weighted by Crippen LogP contribution is 2.39. The van der Waals surface area contributed by atoms with E-state index in [-0.39, 0.29) is 11.8 Å². The fourth-order valence-corrected chi connectivity index (χ4v) is 4.74. The molecule has 3 rings (SSSR count). The lowest BCUT2D eigenvalue weighted by atomic mass is 9.89. The number of esters is 1. The topological polar surface area (TPSA) is 76.6 Å². The number of rotatable bonds is 11. The summed E-state index contributed by atoms with van der Waals surface area (Å²) >= 11 is 2.15. The lowest BCUT2D eigenvalue weighted by Crippen LogP contribution is -2.43. The summed E-state index contributed by atoms with van der Waals surface area (Å²) in [4.78, 5) is 23.0. The summed E-state index contributed by atoms with van der Waals surface area (Å²) in [5.41, 5.74) is 2.61. The largest absolute Gasteiger partial charge is 0.493 e. The van der Waals surface area contributed by atoms with Gasteiger partial charge in [0.1, 0.15) is 23.7 Å². The number of hydrogen-bond acceptors (Lipinski definition) is 7. The molecule has 9 heteroatoms. The van der Waals surface area contributed by atoms with E-state index in [0.29, 0.717) is 35.4 Å². The fourth-order valence-electron chi connectivity index (χ4n) is 4.16. The monoisotopic (exact) mass is 594 g/mol. The van der Waals surface area contributed by atoms with E-state index in [9.17, 15) is 9.18 Å². The molecular formula is C26H32FIN4O3. The summed E-state index contributed by atoms with van der Waals surface area (Å²) in [5.74, 6) is 0.890. The number of nitrogens with one attached hydrogen (secondary N) is 1. The van der Waals surface area contributed by atoms with Gasteiger partial charge in [0.05, 0.1) is 25.7 Å². The summed E-state index contributed by atoms with van der Waals surface area (Å²) in [6, 6.07) is 8.93. The molecule has 0 amide bonds. The maximum absolute atomic E-state index is 14.0. The molecule has 2 aromatic carbocycles. The maximum Gasteiger partial charge on any atom is 0.306 e. The van der Waals surface area contributed by atoms with E-state index in [2.05, 4.69) is 63.5 Å². The van der Waals surface area contributed by atoms with Crippen LogP contribution >= 0.6 is 22.6 Å². The number of carbonyl (C=O) groups excluding carboxylic acids is 1. The SMILES string of the molecule is CCOc1cc2ncnc(Nc3ccc(F)c(CI)c3)c2cc1C(C)(C)N(CC)CCC(=O)OC. The highest BCUT2D eigenvalue weighted by atomic mass is 127. The Morgan fingerprint density at radius 1 is 1.20 bits per heavy atom. The lowest BCUT2D eigenvalue weighted by molar-refractivity contribution is -0.141. The van der Waals surface area contributed by atoms with Crippen LogP contribution in [0.2, 0.25) is 0 Å². The van der Waals surface area contributed by atoms with Crippen molar-refractivity contribution in [1.82, 2.24) is 14.9 Å². The number of nitrogens with zero attached hydrogens (tertiary/aromatic N) is 3. The number of alkyl halides is 1. The third kappa shape index (κ3) is 6.19. The molecule has 0 fully saturated rings. The van der Waals surface area contributed by atoms with Crippen LogP contribution in [0.25, 0.3) is 10.9 Å². The van der Waals surface area contributed by atoms with Crippen molar-refractivity contribution in [1.29, 1.82) is 0 Å². The van der Waals surface area contributed by atoms with Crippen molar-refractivity contribution in [3.63, 3.8) is 0 Å². The van der Waals surface area contributed by atoms with Crippen LogP contribution in [0.4, 0.5) is 15.9 Å². The normalized spacial score (nSPS) is 11.7. The molecule has 0 saturated carbocycles. The van der Waals surface area contributed by atoms with Crippen molar-refractivity contribution in [3.05, 3.63) is 53.6 Å². The number of fused-ring (bicyclic) bond motifs is 1. The Kier molecular flexibility index (Phi) is 9.23. The van der Waals surface area contributed by atoms with Gasteiger partial charge in [0.25, 0.3) is 0 Å². The first-order valence-corrected chi connectivity index (χ1v) is 13.1. The summed E-state index contributed by atoms with van der Waals surface area (Å²) < 4.78 is 25.4. The van der Waals surface area contributed by atoms with Gasteiger partial charge in [-0.3, -0.25) is 9.69 Å². The molecule has 35 heavy (non-hydrogen) atoms. The smallest absolute Gasteiger partial charge is 0.306 e. The number of methoxy groups -OCH3 is 1. The first-order valence-electron chi connectivity index (χ1n) is 11.6. The van der Waals surface area contributed by atoms with Gasteiger partial charge in [-0.2, -0.15) is 0 Å². The molecule has 0 aliphatic rings. The van der Waals surface area contributed by atoms with Crippen LogP contribution in [-0.4, -0.2) is 47.6 Å². The molecule has 1 aromatic heterocycles. The minimum atomic E-state index is -0.459. The third-order valence-electron chi connectivity index (χ3n) is 6.13. The molecule has 1 N–H and O–H groups in total. The van der Waals surface area contributed by atoms with Crippen molar-refractivity contribution >= 4 is 51.0 Å². The molecule has 0 aliphatic carbocycles. The molecule has 7 nitrogen and oxygen atoms in total. The molecule has 0 aliphatic heterocycles. The Labute approximate surface area is 219 Å². The quantitative estimate of drug-likeness (QED) is 0.167. The Morgan fingerprint density at radius 2 is 1.97 bits per heavy atom. The molecule has 0 atom stereocenters. The van der Waals surface area contributed by atoms with Gasteiger partial charge in [-0.05, 0) is 57.1 Å². The number of aromatic nitrogens is 2. The van der Waals surface area contributed by atoms with E-state index in [1.807, 2.05) is 19.1 Å². The van der Waals surface area contributed by atoms with Gasteiger partial charge < -0.3 is 14.8 Å². The second-order valence-corrected chi connectivity index (χ2v) is 9.31. The zero-order valence-corrected chi connectivity index (χ0v) is 23.0. The highest BCUT2D eigenvalue weighted by Gasteiger charge is 2.32. The summed E-state index contributed by atoms with van der Waals surface area (Å²) in [5, 5.41) is 4.16. The zero-order valence-electron chi connectivity index (χ0n) is 20.8. The molecule has 0 spiro atoms. The average molecular weight is 594 g/mol. The molecule has 0 radical (unpaired) electrons. The first-order chi connectivity index (χ1) is 16.7. The van der Waals surface area contributed by atoms with Crippen LogP contribution < -0.4 is 10.1 Å². The van der Waals surface area contributed by atoms with Crippen molar-refractivity contribution in [2.75, 3.05) is 32.1 Å². The first kappa shape index (κ1) is 27.1. The second-order valence-electron chi connectivity index (χ2n) is 8.55. The highest BCUT2D eigenvalue weighted by molar-refractivity contribution is 14.1. The van der Waals surface area contributed by atoms with Gasteiger partial charge in [-0.1, -0.05) is 29.5 Å². The van der Waals surface area contributed by atoms with Crippen LogP contribution in [0.1, 0.15) is 45.2 Å². The molecular weight excluding hydrogens is 562 g/mol. The lowest BCUT2D eigenvalue weighted by Gasteiger charge is -2.39. The van der Waals surface area contributed by atoms with Gasteiger partial charge in [-0.25, -0.2) is 14.4 Å². The minimum absolute atomic E-state index is 0.227. The number of carbonyl (C=O) groups is 1. The van der Waals surface area contributed by atoms with E-state index >= 15 is 0 Å². The Bertz CT molecular complexity index is 1190. The van der Waals surface area contributed by atoms with Crippen LogP contribution in [0.3, 0.4) is 0 Å². The van der Waals surface area contributed by atoms with Crippen LogP contribution in [0.15, 0.2) is 36.7 Å². The van der Waals surface area contributed by atoms with Crippen LogP contribution in [-0.2, 0) is 19.5 Å². The van der Waals surface area contributed by atoms with Crippen molar-refractivity contribution in [2.24, 2.45) is 0 Å². The molecule has 3 aromatic rings. The summed E-state index contributed by atoms with van der Waals surface area (Å²) in [7, 11) is 1.40. The number of benzene rings is 2. The van der Waals surface area contributed by atoms with Crippen molar-refractivity contribution in [2.45, 2.75) is 44.1 Å². The molecule has 0 saturated heterocycles. The number of ether oxygens (including phenoxy) is 2. The van der Waals surface area contributed by atoms with Crippen LogP contribution in [0, 0.1) is 5.82 Å². The predicted molar refractivity (Wildman–Crippen MR) is 145 cm³/mol. The summed E-state index contributed by atoms with van der Waals surface area (Å²) in [6.07, 6.45) is 1.80. The fraction of sp³-hybridized carbons (Fsp3) is 0.423. The van der Waals surface area contributed by atoms with Crippen LogP contribution in [0.5, 0.6) is 5.75 Å². The number of halogens is 2. The number of hydrogen-bond donors (Lipinski definition) is 1. The zero-order chi connectivity index (χ0) is 25.6. The van der Waals surface area contributed by atoms with E-state index in [0.717, 1.165) is 34.4 Å². The third-order valence-corrected chi connectivity index (χ3v) is 6.96. The average Bonchev–Trinajstić information content (AvgIpc) is 2.85. The summed E-state index contributed by atoms with van der Waals surface area (Å²) in [6.45, 7) is 10.0. The number of anilines is 2. The molecule has 0 unspecified atom stereocenters. The molecule has 0 bridgehead atoms. The van der Waals surface area contributed by atoms with Crippen molar-refractivity contribution in [3.8, 4) is 5.75 Å². The van der Waals surface area contributed by atoms with E-state index in [4.69, 9.17) is 9.47 Å². The Morgan fingerprint density at radius 3 is 2.63 bits per heavy atom. The minimum Gasteiger partial charge on any atom is -0.493 e. The van der Waals surface area contributed by atoms with Gasteiger partial charge >= 0.3 is 5.97 Å². The Balaban J connectivity index is 2.08. The van der Waals surface area contributed by atoms with Gasteiger partial charge in [0.15, 0.2) is 0 Å². The predicted octanol–water partition coefficient (Wildman–Crippen LogP) is 5.97. The van der Waals surface area contributed by atoms with Crippen molar-refractivity contribution < 1.29 is 18.7 Å². The van der Waals surface area contributed by atoms with E-state index in [1.54, 1.807) is 12.1 Å². The maximum atomic E-state index is 14.0.